The van der Waals surface area contributed by atoms with Crippen LogP contribution >= 0.6 is 0 Å². The summed E-state index contributed by atoms with van der Waals surface area (Å²) in [5.74, 6) is 0.571. The molecule has 2 N–H and O–H groups in total. The molecule has 1 fully saturated rings. The van der Waals surface area contributed by atoms with E-state index in [0.717, 1.165) is 30.0 Å². The van der Waals surface area contributed by atoms with Crippen LogP contribution in [0.3, 0.4) is 0 Å². The third kappa shape index (κ3) is 7.10. The third-order valence-corrected chi connectivity index (χ3v) is 4.40. The Hall–Kier alpha value is -2.76. The predicted octanol–water partition coefficient (Wildman–Crippen LogP) is 5.04. The molecule has 28 heavy (non-hydrogen) atoms. The normalized spacial score (nSPS) is 13.3. The maximum absolute atomic E-state index is 11.9. The van der Waals surface area contributed by atoms with E-state index in [1.54, 1.807) is 18.2 Å². The third-order valence-electron chi connectivity index (χ3n) is 4.40. The summed E-state index contributed by atoms with van der Waals surface area (Å²) in [6.45, 7) is 2.49. The summed E-state index contributed by atoms with van der Waals surface area (Å²) in [5.41, 5.74) is 1.78. The molecule has 0 unspecified atom stereocenters. The molecule has 0 aromatic heterocycles. The molecule has 3 rings (SSSR count). The number of hydrogen-bond acceptors (Lipinski definition) is 3. The van der Waals surface area contributed by atoms with Crippen LogP contribution in [-0.4, -0.2) is 32.8 Å². The van der Waals surface area contributed by atoms with E-state index in [9.17, 15) is 9.18 Å². The van der Waals surface area contributed by atoms with Crippen LogP contribution in [0.4, 0.5) is 20.6 Å². The molecule has 152 valence electrons. The van der Waals surface area contributed by atoms with E-state index >= 15 is 0 Å². The van der Waals surface area contributed by atoms with Gasteiger partial charge in [-0.2, -0.15) is 0 Å². The zero-order valence-electron chi connectivity index (χ0n) is 16.9. The topological polar surface area (TPSA) is 53.6 Å². The highest BCUT2D eigenvalue weighted by Crippen LogP contribution is 2.33. The molecule has 2 aromatic rings. The first-order chi connectivity index (χ1) is 13.5. The van der Waals surface area contributed by atoms with Gasteiger partial charge in [-0.25, -0.2) is 9.18 Å². The number of carbonyl (C=O) groups excluding carboxylic acids is 1. The van der Waals surface area contributed by atoms with Gasteiger partial charge in [0.25, 0.3) is 0 Å². The van der Waals surface area contributed by atoms with E-state index in [-0.39, 0.29) is 18.0 Å². The molecule has 2 aromatic carbocycles. The highest BCUT2D eigenvalue weighted by Gasteiger charge is 2.19. The van der Waals surface area contributed by atoms with Crippen molar-refractivity contribution < 1.29 is 13.9 Å². The van der Waals surface area contributed by atoms with Gasteiger partial charge < -0.3 is 20.3 Å². The minimum absolute atomic E-state index is 0.178. The van der Waals surface area contributed by atoms with Gasteiger partial charge in [-0.1, -0.05) is 18.2 Å². The summed E-state index contributed by atoms with van der Waals surface area (Å²) in [4.78, 5) is 13.8. The molecule has 0 bridgehead atoms. The van der Waals surface area contributed by atoms with Crippen molar-refractivity contribution in [3.8, 4) is 5.75 Å². The lowest BCUT2D eigenvalue weighted by Crippen LogP contribution is -2.28. The fourth-order valence-corrected chi connectivity index (χ4v) is 2.92. The van der Waals surface area contributed by atoms with Gasteiger partial charge in [0.05, 0.1) is 11.8 Å². The lowest BCUT2D eigenvalue weighted by Gasteiger charge is -2.20. The molecule has 0 radical (unpaired) electrons. The van der Waals surface area contributed by atoms with Gasteiger partial charge in [-0.05, 0) is 56.9 Å². The van der Waals surface area contributed by atoms with Crippen molar-refractivity contribution in [2.24, 2.45) is 0 Å². The summed E-state index contributed by atoms with van der Waals surface area (Å²) in [6, 6.07) is 13.6. The van der Waals surface area contributed by atoms with Crippen molar-refractivity contribution in [3.05, 3.63) is 54.3 Å². The predicted molar refractivity (Wildman–Crippen MR) is 113 cm³/mol. The summed E-state index contributed by atoms with van der Waals surface area (Å²) in [6.07, 6.45) is 4.88. The van der Waals surface area contributed by atoms with Crippen LogP contribution in [0.2, 0.25) is 0 Å². The molecule has 2 amide bonds. The number of anilines is 2. The highest BCUT2D eigenvalue weighted by molar-refractivity contribution is 5.91. The Kier molecular flexibility index (Phi) is 8.59. The molecular formula is C22H30FN3O2. The fourth-order valence-electron chi connectivity index (χ4n) is 2.92. The number of benzene rings is 2. The van der Waals surface area contributed by atoms with Crippen LogP contribution < -0.4 is 20.3 Å². The molecule has 6 heteroatoms. The maximum atomic E-state index is 11.9. The monoisotopic (exact) mass is 387 g/mol. The Morgan fingerprint density at radius 1 is 1.14 bits per heavy atom. The number of rotatable bonds is 5. The summed E-state index contributed by atoms with van der Waals surface area (Å²) in [7, 11) is 3.98. The number of ether oxygens (including phenoxy) is 1. The second kappa shape index (κ2) is 11.2. The average Bonchev–Trinajstić information content (AvgIpc) is 3.17. The second-order valence-electron chi connectivity index (χ2n) is 6.88. The molecule has 5 nitrogen and oxygen atoms in total. The SMILES string of the molecule is CCNC(=O)Nc1ccc(N(C)C)cc1OC1CCCC1.Fc1ccccc1. The molecule has 0 saturated heterocycles. The Morgan fingerprint density at radius 3 is 2.36 bits per heavy atom. The summed E-state index contributed by atoms with van der Waals surface area (Å²) in [5, 5.41) is 5.59. The van der Waals surface area contributed by atoms with E-state index in [2.05, 4.69) is 10.6 Å². The van der Waals surface area contributed by atoms with E-state index < -0.39 is 0 Å². The van der Waals surface area contributed by atoms with E-state index in [4.69, 9.17) is 4.74 Å². The highest BCUT2D eigenvalue weighted by atomic mass is 19.1. The lowest BCUT2D eigenvalue weighted by atomic mass is 10.2. The molecule has 0 heterocycles. The van der Waals surface area contributed by atoms with Gasteiger partial charge >= 0.3 is 6.03 Å². The van der Waals surface area contributed by atoms with Gasteiger partial charge in [-0.15, -0.1) is 0 Å². The number of hydrogen-bond donors (Lipinski definition) is 2. The van der Waals surface area contributed by atoms with Crippen molar-refractivity contribution >= 4 is 17.4 Å². The van der Waals surface area contributed by atoms with Crippen LogP contribution in [0.15, 0.2) is 48.5 Å². The summed E-state index contributed by atoms with van der Waals surface area (Å²) < 4.78 is 18.0. The van der Waals surface area contributed by atoms with Crippen LogP contribution in [0.1, 0.15) is 32.6 Å². The number of nitrogens with zero attached hydrogens (tertiary/aromatic N) is 1. The van der Waals surface area contributed by atoms with Crippen molar-refractivity contribution in [1.29, 1.82) is 0 Å². The van der Waals surface area contributed by atoms with E-state index in [1.807, 2.05) is 44.1 Å². The number of nitrogens with one attached hydrogen (secondary N) is 2. The molecule has 0 spiro atoms. The zero-order chi connectivity index (χ0) is 20.4. The maximum Gasteiger partial charge on any atom is 0.319 e. The number of halogens is 1. The van der Waals surface area contributed by atoms with Crippen LogP contribution in [0.25, 0.3) is 0 Å². The number of carbonyl (C=O) groups is 1. The Morgan fingerprint density at radius 2 is 1.82 bits per heavy atom. The molecule has 0 aliphatic heterocycles. The van der Waals surface area contributed by atoms with Gasteiger partial charge in [0.2, 0.25) is 0 Å². The smallest absolute Gasteiger partial charge is 0.319 e. The van der Waals surface area contributed by atoms with Crippen molar-refractivity contribution in [2.75, 3.05) is 30.9 Å². The Labute approximate surface area is 166 Å². The standard InChI is InChI=1S/C16H25N3O2.C6H5F/c1-4-17-16(20)18-14-10-9-12(19(2)3)11-15(14)21-13-7-5-6-8-13;7-6-4-2-1-3-5-6/h9-11,13H,4-8H2,1-3H3,(H2,17,18,20);1-5H. The first-order valence-corrected chi connectivity index (χ1v) is 9.73. The van der Waals surface area contributed by atoms with Gasteiger partial charge in [0, 0.05) is 32.4 Å². The van der Waals surface area contributed by atoms with Crippen molar-refractivity contribution in [1.82, 2.24) is 5.32 Å². The van der Waals surface area contributed by atoms with Gasteiger partial charge in [0.15, 0.2) is 0 Å². The minimum Gasteiger partial charge on any atom is -0.488 e. The van der Waals surface area contributed by atoms with Gasteiger partial charge in [-0.3, -0.25) is 0 Å². The van der Waals surface area contributed by atoms with E-state index in [1.165, 1.54) is 25.0 Å². The lowest BCUT2D eigenvalue weighted by molar-refractivity contribution is 0.211. The van der Waals surface area contributed by atoms with E-state index in [0.29, 0.717) is 6.54 Å². The second-order valence-corrected chi connectivity index (χ2v) is 6.88. The largest absolute Gasteiger partial charge is 0.488 e. The molecule has 1 aliphatic rings. The zero-order valence-corrected chi connectivity index (χ0v) is 16.9. The first kappa shape index (κ1) is 21.5. The molecule has 1 saturated carbocycles. The average molecular weight is 387 g/mol. The number of amides is 2. The quantitative estimate of drug-likeness (QED) is 0.756. The van der Waals surface area contributed by atoms with Crippen LogP contribution in [0.5, 0.6) is 5.75 Å². The number of urea groups is 1. The Balaban J connectivity index is 0.000000336. The summed E-state index contributed by atoms with van der Waals surface area (Å²) >= 11 is 0. The Bertz CT molecular complexity index is 732. The fraction of sp³-hybridized carbons (Fsp3) is 0.409. The first-order valence-electron chi connectivity index (χ1n) is 9.73. The van der Waals surface area contributed by atoms with Crippen molar-refractivity contribution in [2.45, 2.75) is 38.7 Å². The van der Waals surface area contributed by atoms with Crippen LogP contribution in [-0.2, 0) is 0 Å². The van der Waals surface area contributed by atoms with Gasteiger partial charge in [0.1, 0.15) is 11.6 Å². The van der Waals surface area contributed by atoms with Crippen LogP contribution in [0, 0.1) is 5.82 Å². The molecule has 0 atom stereocenters. The minimum atomic E-state index is -0.202. The molecule has 1 aliphatic carbocycles. The molecular weight excluding hydrogens is 357 g/mol. The van der Waals surface area contributed by atoms with Crippen molar-refractivity contribution in [3.63, 3.8) is 0 Å².